The summed E-state index contributed by atoms with van der Waals surface area (Å²) in [4.78, 5) is 12.7. The Morgan fingerprint density at radius 2 is 2.24 bits per heavy atom. The van der Waals surface area contributed by atoms with Crippen molar-refractivity contribution in [1.82, 2.24) is 24.7 Å². The number of nitrogens with one attached hydrogen (secondary N) is 2. The predicted octanol–water partition coefficient (Wildman–Crippen LogP) is 0.180. The van der Waals surface area contributed by atoms with E-state index >= 15 is 0 Å². The minimum atomic E-state index is 0.247. The zero-order valence-electron chi connectivity index (χ0n) is 11.7. The van der Waals surface area contributed by atoms with Crippen molar-refractivity contribution in [2.24, 2.45) is 11.8 Å². The van der Waals surface area contributed by atoms with Crippen LogP contribution in [0.1, 0.15) is 13.3 Å². The lowest BCUT2D eigenvalue weighted by atomic mass is 10.0. The van der Waals surface area contributed by atoms with E-state index < -0.39 is 0 Å². The zero-order chi connectivity index (χ0) is 14.7. The van der Waals surface area contributed by atoms with E-state index in [1.165, 1.54) is 0 Å². The molecule has 21 heavy (non-hydrogen) atoms. The third-order valence-electron chi connectivity index (χ3n) is 3.52. The Bertz CT molecular complexity index is 587. The number of nitrogens with zero attached hydrogens (tertiary/aromatic N) is 5. The number of nitrogens with two attached hydrogens (primary N) is 1. The molecule has 1 fully saturated rings. The van der Waals surface area contributed by atoms with E-state index in [1.54, 1.807) is 23.1 Å². The SMILES string of the molecule is CC1OCCC1CNc1nc(NN)nc(-n2cccn2)n1. The molecule has 9 heteroatoms. The van der Waals surface area contributed by atoms with E-state index in [4.69, 9.17) is 10.6 Å². The fourth-order valence-corrected chi connectivity index (χ4v) is 2.26. The van der Waals surface area contributed by atoms with Crippen LogP contribution in [0.2, 0.25) is 0 Å². The lowest BCUT2D eigenvalue weighted by Crippen LogP contribution is -2.23. The first-order valence-corrected chi connectivity index (χ1v) is 6.84. The summed E-state index contributed by atoms with van der Waals surface area (Å²) in [6, 6.07) is 1.80. The van der Waals surface area contributed by atoms with Gasteiger partial charge in [-0.1, -0.05) is 0 Å². The van der Waals surface area contributed by atoms with Crippen LogP contribution >= 0.6 is 0 Å². The molecule has 3 heterocycles. The number of hydrogen-bond donors (Lipinski definition) is 3. The zero-order valence-corrected chi connectivity index (χ0v) is 11.7. The number of hydrogen-bond acceptors (Lipinski definition) is 8. The van der Waals surface area contributed by atoms with Crippen molar-refractivity contribution >= 4 is 11.9 Å². The van der Waals surface area contributed by atoms with E-state index in [0.717, 1.165) is 19.6 Å². The second-order valence-corrected chi connectivity index (χ2v) is 4.88. The molecule has 9 nitrogen and oxygen atoms in total. The van der Waals surface area contributed by atoms with Gasteiger partial charge in [0.05, 0.1) is 6.10 Å². The number of nitrogen functional groups attached to an aromatic ring is 1. The molecule has 112 valence electrons. The Balaban J connectivity index is 1.76. The van der Waals surface area contributed by atoms with Gasteiger partial charge in [0.25, 0.3) is 5.95 Å². The highest BCUT2D eigenvalue weighted by atomic mass is 16.5. The van der Waals surface area contributed by atoms with E-state index in [2.05, 4.69) is 37.7 Å². The van der Waals surface area contributed by atoms with E-state index in [0.29, 0.717) is 17.8 Å². The average molecular weight is 290 g/mol. The van der Waals surface area contributed by atoms with E-state index in [9.17, 15) is 0 Å². The molecule has 0 aliphatic carbocycles. The maximum absolute atomic E-state index is 5.54. The summed E-state index contributed by atoms with van der Waals surface area (Å²) in [7, 11) is 0. The monoisotopic (exact) mass is 290 g/mol. The van der Waals surface area contributed by atoms with Crippen LogP contribution in [0.25, 0.3) is 5.95 Å². The van der Waals surface area contributed by atoms with Crippen LogP contribution in [0.3, 0.4) is 0 Å². The van der Waals surface area contributed by atoms with Crippen molar-refractivity contribution < 1.29 is 4.74 Å². The van der Waals surface area contributed by atoms with Crippen LogP contribution in [0.5, 0.6) is 0 Å². The Morgan fingerprint density at radius 3 is 2.90 bits per heavy atom. The molecule has 0 amide bonds. The second-order valence-electron chi connectivity index (χ2n) is 4.88. The van der Waals surface area contributed by atoms with E-state index in [1.807, 2.05) is 0 Å². The third-order valence-corrected chi connectivity index (χ3v) is 3.52. The molecule has 3 rings (SSSR count). The van der Waals surface area contributed by atoms with Gasteiger partial charge in [-0.25, -0.2) is 10.5 Å². The molecule has 0 aromatic carbocycles. The summed E-state index contributed by atoms with van der Waals surface area (Å²) in [6.07, 6.45) is 4.70. The predicted molar refractivity (Wildman–Crippen MR) is 76.8 cm³/mol. The van der Waals surface area contributed by atoms with Crippen molar-refractivity contribution in [3.63, 3.8) is 0 Å². The van der Waals surface area contributed by atoms with Crippen molar-refractivity contribution in [2.45, 2.75) is 19.4 Å². The molecule has 1 saturated heterocycles. The molecule has 0 spiro atoms. The molecule has 2 aromatic rings. The van der Waals surface area contributed by atoms with Gasteiger partial charge in [0, 0.05) is 31.5 Å². The van der Waals surface area contributed by atoms with Crippen LogP contribution in [0.15, 0.2) is 18.5 Å². The maximum atomic E-state index is 5.54. The molecule has 2 atom stereocenters. The van der Waals surface area contributed by atoms with Crippen LogP contribution in [-0.4, -0.2) is 44.0 Å². The molecular formula is C12H18N8O. The summed E-state index contributed by atoms with van der Waals surface area (Å²) >= 11 is 0. The van der Waals surface area contributed by atoms with Gasteiger partial charge in [0.2, 0.25) is 11.9 Å². The van der Waals surface area contributed by atoms with Gasteiger partial charge in [-0.15, -0.1) is 0 Å². The molecule has 0 radical (unpaired) electrons. The smallest absolute Gasteiger partial charge is 0.257 e. The number of hydrazine groups is 1. The molecule has 4 N–H and O–H groups in total. The molecule has 2 unspecified atom stereocenters. The standard InChI is InChI=1S/C12H18N8O/c1-8-9(3-6-21-8)7-14-10-16-11(19-13)18-12(17-10)20-5-2-4-15-20/h2,4-5,8-9H,3,6-7,13H2,1H3,(H2,14,16,17,18,19). The highest BCUT2D eigenvalue weighted by Gasteiger charge is 2.24. The average Bonchev–Trinajstić information content (AvgIpc) is 3.16. The minimum absolute atomic E-state index is 0.247. The fraction of sp³-hybridized carbons (Fsp3) is 0.500. The van der Waals surface area contributed by atoms with Crippen LogP contribution < -0.4 is 16.6 Å². The van der Waals surface area contributed by atoms with Gasteiger partial charge >= 0.3 is 0 Å². The summed E-state index contributed by atoms with van der Waals surface area (Å²) < 4.78 is 7.09. The van der Waals surface area contributed by atoms with Crippen molar-refractivity contribution in [2.75, 3.05) is 23.9 Å². The van der Waals surface area contributed by atoms with Gasteiger partial charge in [0.15, 0.2) is 0 Å². The highest BCUT2D eigenvalue weighted by molar-refractivity contribution is 5.37. The number of aromatic nitrogens is 5. The topological polar surface area (TPSA) is 116 Å². The van der Waals surface area contributed by atoms with Gasteiger partial charge in [-0.3, -0.25) is 5.43 Å². The van der Waals surface area contributed by atoms with Crippen molar-refractivity contribution in [3.05, 3.63) is 18.5 Å². The normalized spacial score (nSPS) is 21.4. The lowest BCUT2D eigenvalue weighted by molar-refractivity contribution is 0.108. The lowest BCUT2D eigenvalue weighted by Gasteiger charge is -2.15. The van der Waals surface area contributed by atoms with Gasteiger partial charge in [0.1, 0.15) is 0 Å². The number of ether oxygens (including phenoxy) is 1. The largest absolute Gasteiger partial charge is 0.378 e. The second kappa shape index (κ2) is 6.02. The summed E-state index contributed by atoms with van der Waals surface area (Å²) in [5, 5.41) is 7.32. The molecule has 1 aliphatic rings. The Morgan fingerprint density at radius 1 is 1.38 bits per heavy atom. The molecule has 0 saturated carbocycles. The van der Waals surface area contributed by atoms with Crippen molar-refractivity contribution in [3.8, 4) is 5.95 Å². The fourth-order valence-electron chi connectivity index (χ4n) is 2.26. The Kier molecular flexibility index (Phi) is 3.93. The minimum Gasteiger partial charge on any atom is -0.378 e. The first kappa shape index (κ1) is 13.7. The molecule has 0 bridgehead atoms. The highest BCUT2D eigenvalue weighted by Crippen LogP contribution is 2.20. The quantitative estimate of drug-likeness (QED) is 0.527. The van der Waals surface area contributed by atoms with Gasteiger partial charge in [-0.2, -0.15) is 20.1 Å². The van der Waals surface area contributed by atoms with Crippen molar-refractivity contribution in [1.29, 1.82) is 0 Å². The van der Waals surface area contributed by atoms with Gasteiger partial charge < -0.3 is 10.1 Å². The van der Waals surface area contributed by atoms with E-state index in [-0.39, 0.29) is 12.1 Å². The summed E-state index contributed by atoms with van der Waals surface area (Å²) in [5.74, 6) is 7.00. The van der Waals surface area contributed by atoms with Crippen LogP contribution in [-0.2, 0) is 4.74 Å². The number of anilines is 2. The maximum Gasteiger partial charge on any atom is 0.257 e. The Labute approximate surface area is 121 Å². The first-order chi connectivity index (χ1) is 10.3. The number of rotatable bonds is 5. The Hall–Kier alpha value is -2.26. The summed E-state index contributed by atoms with van der Waals surface area (Å²) in [6.45, 7) is 3.63. The third kappa shape index (κ3) is 3.09. The molecule has 2 aromatic heterocycles. The van der Waals surface area contributed by atoms with Gasteiger partial charge in [-0.05, 0) is 19.4 Å². The first-order valence-electron chi connectivity index (χ1n) is 6.84. The molecule has 1 aliphatic heterocycles. The van der Waals surface area contributed by atoms with Crippen LogP contribution in [0.4, 0.5) is 11.9 Å². The van der Waals surface area contributed by atoms with Crippen LogP contribution in [0, 0.1) is 5.92 Å². The summed E-state index contributed by atoms with van der Waals surface area (Å²) in [5.41, 5.74) is 2.44. The molecular weight excluding hydrogens is 272 g/mol.